The quantitative estimate of drug-likeness (QED) is 0.519. The second-order valence-electron chi connectivity index (χ2n) is 8.59. The van der Waals surface area contributed by atoms with Crippen LogP contribution >= 0.6 is 0 Å². The van der Waals surface area contributed by atoms with Gasteiger partial charge in [0.1, 0.15) is 17.1 Å². The van der Waals surface area contributed by atoms with Crippen molar-refractivity contribution in [3.63, 3.8) is 0 Å². The molecule has 0 saturated carbocycles. The number of morpholine rings is 1. The number of hydrogen-bond acceptors (Lipinski definition) is 6. The molecule has 1 saturated heterocycles. The number of aromatic nitrogens is 4. The number of nitrogens with zero attached hydrogens (tertiary/aromatic N) is 4. The van der Waals surface area contributed by atoms with E-state index in [0.29, 0.717) is 80.5 Å². The molecule has 182 valence electrons. The highest BCUT2D eigenvalue weighted by molar-refractivity contribution is 5.80. The molecule has 3 heterocycles. The number of carbonyl (C=O) groups excluding carboxylic acids is 1. The van der Waals surface area contributed by atoms with Crippen molar-refractivity contribution in [2.75, 3.05) is 32.9 Å². The van der Waals surface area contributed by atoms with Crippen LogP contribution in [-0.2, 0) is 22.5 Å². The zero-order valence-electron chi connectivity index (χ0n) is 20.2. The molecule has 9 nitrogen and oxygen atoms in total. The van der Waals surface area contributed by atoms with E-state index >= 15 is 0 Å². The van der Waals surface area contributed by atoms with E-state index in [0.717, 1.165) is 24.1 Å². The van der Waals surface area contributed by atoms with E-state index in [9.17, 15) is 9.59 Å². The van der Waals surface area contributed by atoms with E-state index in [-0.39, 0.29) is 11.5 Å². The highest BCUT2D eigenvalue weighted by Gasteiger charge is 2.19. The summed E-state index contributed by atoms with van der Waals surface area (Å²) in [5, 5.41) is 4.51. The van der Waals surface area contributed by atoms with Gasteiger partial charge in [0, 0.05) is 26.1 Å². The van der Waals surface area contributed by atoms with Crippen LogP contribution in [0.3, 0.4) is 0 Å². The molecule has 0 radical (unpaired) electrons. The molecule has 2 aromatic heterocycles. The second-order valence-corrected chi connectivity index (χ2v) is 8.59. The lowest BCUT2D eigenvalue weighted by Gasteiger charge is -2.26. The molecule has 3 aromatic rings. The third-order valence-corrected chi connectivity index (χ3v) is 5.95. The zero-order valence-corrected chi connectivity index (χ0v) is 20.2. The van der Waals surface area contributed by atoms with Gasteiger partial charge in [0.2, 0.25) is 5.91 Å². The van der Waals surface area contributed by atoms with Crippen LogP contribution in [0.5, 0.6) is 5.75 Å². The molecule has 1 aliphatic heterocycles. The summed E-state index contributed by atoms with van der Waals surface area (Å²) in [5.41, 5.74) is 3.29. The molecule has 0 unspecified atom stereocenters. The van der Waals surface area contributed by atoms with Crippen LogP contribution < -0.4 is 10.3 Å². The fourth-order valence-electron chi connectivity index (χ4n) is 4.22. The number of carbonyl (C=O) groups is 1. The maximum Gasteiger partial charge on any atom is 0.277 e. The first-order valence-electron chi connectivity index (χ1n) is 12.1. The molecule has 1 fully saturated rings. The first-order valence-corrected chi connectivity index (χ1v) is 12.1. The Morgan fingerprint density at radius 1 is 1.21 bits per heavy atom. The van der Waals surface area contributed by atoms with Crippen LogP contribution in [0.25, 0.3) is 22.4 Å². The number of aromatic amines is 1. The van der Waals surface area contributed by atoms with Gasteiger partial charge in [0.05, 0.1) is 31.1 Å². The van der Waals surface area contributed by atoms with Crippen molar-refractivity contribution in [1.82, 2.24) is 24.6 Å². The highest BCUT2D eigenvalue weighted by atomic mass is 16.5. The third kappa shape index (κ3) is 5.14. The summed E-state index contributed by atoms with van der Waals surface area (Å²) < 4.78 is 13.0. The molecule has 0 spiro atoms. The lowest BCUT2D eigenvalue weighted by atomic mass is 10.0. The van der Waals surface area contributed by atoms with Crippen LogP contribution in [0.4, 0.5) is 0 Å². The van der Waals surface area contributed by atoms with Crippen LogP contribution in [0.1, 0.15) is 44.4 Å². The van der Waals surface area contributed by atoms with Gasteiger partial charge in [-0.1, -0.05) is 19.9 Å². The fourth-order valence-corrected chi connectivity index (χ4v) is 4.22. The summed E-state index contributed by atoms with van der Waals surface area (Å²) in [6, 6.07) is 5.84. The summed E-state index contributed by atoms with van der Waals surface area (Å²) in [7, 11) is 0. The third-order valence-electron chi connectivity index (χ3n) is 5.95. The van der Waals surface area contributed by atoms with Gasteiger partial charge < -0.3 is 19.4 Å². The van der Waals surface area contributed by atoms with Crippen molar-refractivity contribution in [3.05, 3.63) is 39.8 Å². The number of amides is 1. The van der Waals surface area contributed by atoms with Gasteiger partial charge in [-0.05, 0) is 43.9 Å². The number of hydrogen-bond donors (Lipinski definition) is 1. The van der Waals surface area contributed by atoms with E-state index in [1.807, 2.05) is 43.9 Å². The monoisotopic (exact) mass is 467 g/mol. The van der Waals surface area contributed by atoms with Crippen LogP contribution in [0.15, 0.2) is 23.0 Å². The summed E-state index contributed by atoms with van der Waals surface area (Å²) in [5.74, 6) is 1.23. The number of rotatable bonds is 9. The molecule has 1 amide bonds. The number of H-pyrrole nitrogens is 1. The molecule has 1 aliphatic rings. The Balaban J connectivity index is 1.66. The molecule has 4 rings (SSSR count). The first kappa shape index (κ1) is 23.9. The summed E-state index contributed by atoms with van der Waals surface area (Å²) in [6.45, 7) is 9.65. The maximum atomic E-state index is 13.0. The molecular formula is C25H33N5O4. The Bertz CT molecular complexity index is 1210. The van der Waals surface area contributed by atoms with Gasteiger partial charge in [0.15, 0.2) is 5.52 Å². The normalized spacial score (nSPS) is 14.0. The minimum absolute atomic E-state index is 0.128. The van der Waals surface area contributed by atoms with Gasteiger partial charge in [-0.2, -0.15) is 5.10 Å². The van der Waals surface area contributed by atoms with Gasteiger partial charge in [-0.25, -0.2) is 4.98 Å². The topological polar surface area (TPSA) is 102 Å². The Morgan fingerprint density at radius 3 is 2.74 bits per heavy atom. The van der Waals surface area contributed by atoms with E-state index in [1.54, 1.807) is 4.68 Å². The van der Waals surface area contributed by atoms with Crippen molar-refractivity contribution < 1.29 is 14.3 Å². The predicted molar refractivity (Wildman–Crippen MR) is 130 cm³/mol. The summed E-state index contributed by atoms with van der Waals surface area (Å²) >= 11 is 0. The van der Waals surface area contributed by atoms with E-state index in [1.165, 1.54) is 0 Å². The molecule has 34 heavy (non-hydrogen) atoms. The van der Waals surface area contributed by atoms with Crippen LogP contribution in [0, 0.1) is 6.92 Å². The van der Waals surface area contributed by atoms with Crippen molar-refractivity contribution in [2.45, 2.75) is 53.0 Å². The van der Waals surface area contributed by atoms with Crippen LogP contribution in [0.2, 0.25) is 0 Å². The molecule has 9 heteroatoms. The molecule has 1 N–H and O–H groups in total. The van der Waals surface area contributed by atoms with Crippen molar-refractivity contribution in [2.24, 2.45) is 0 Å². The summed E-state index contributed by atoms with van der Waals surface area (Å²) in [6.07, 6.45) is 2.75. The highest BCUT2D eigenvalue weighted by Crippen LogP contribution is 2.30. The average molecular weight is 468 g/mol. The maximum absolute atomic E-state index is 13.0. The summed E-state index contributed by atoms with van der Waals surface area (Å²) in [4.78, 5) is 35.2. The number of benzene rings is 1. The van der Waals surface area contributed by atoms with Crippen molar-refractivity contribution >= 4 is 16.9 Å². The van der Waals surface area contributed by atoms with E-state index < -0.39 is 0 Å². The SMILES string of the molecule is CCCOc1ccc(CCC(=O)N2CCOCC2)cc1-c1nc2c(C)nn(CCC)c2c(=O)[nH]1. The molecule has 0 aliphatic carbocycles. The molecular weight excluding hydrogens is 434 g/mol. The molecule has 1 aromatic carbocycles. The number of aryl methyl sites for hydroxylation is 3. The lowest BCUT2D eigenvalue weighted by molar-refractivity contribution is -0.135. The standard InChI is InChI=1S/C25H33N5O4/c1-4-10-30-23-22(17(3)28-30)26-24(27-25(23)32)19-16-18(6-8-20(19)34-13-5-2)7-9-21(31)29-11-14-33-15-12-29/h6,8,16H,4-5,7,9-15H2,1-3H3,(H,26,27,32). The largest absolute Gasteiger partial charge is 0.493 e. The zero-order chi connectivity index (χ0) is 24.1. The van der Waals surface area contributed by atoms with Gasteiger partial charge in [0.25, 0.3) is 5.56 Å². The number of nitrogens with one attached hydrogen (secondary N) is 1. The minimum atomic E-state index is -0.219. The predicted octanol–water partition coefficient (Wildman–Crippen LogP) is 3.09. The van der Waals surface area contributed by atoms with E-state index in [4.69, 9.17) is 14.5 Å². The van der Waals surface area contributed by atoms with Crippen molar-refractivity contribution in [3.8, 4) is 17.1 Å². The number of ether oxygens (including phenoxy) is 2. The van der Waals surface area contributed by atoms with Crippen molar-refractivity contribution in [1.29, 1.82) is 0 Å². The molecule has 0 atom stereocenters. The Kier molecular flexibility index (Phi) is 7.62. The Labute approximate surface area is 199 Å². The number of fused-ring (bicyclic) bond motifs is 1. The van der Waals surface area contributed by atoms with E-state index in [2.05, 4.69) is 10.1 Å². The second kappa shape index (κ2) is 10.8. The lowest BCUT2D eigenvalue weighted by Crippen LogP contribution is -2.40. The fraction of sp³-hybridized carbons (Fsp3) is 0.520. The van der Waals surface area contributed by atoms with Crippen LogP contribution in [-0.4, -0.2) is 63.5 Å². The Morgan fingerprint density at radius 2 is 2.00 bits per heavy atom. The Hall–Kier alpha value is -3.20. The average Bonchev–Trinajstić information content (AvgIpc) is 3.17. The smallest absolute Gasteiger partial charge is 0.277 e. The van der Waals surface area contributed by atoms with Gasteiger partial charge in [-0.3, -0.25) is 14.3 Å². The van der Waals surface area contributed by atoms with Gasteiger partial charge in [-0.15, -0.1) is 0 Å². The van der Waals surface area contributed by atoms with Gasteiger partial charge >= 0.3 is 0 Å². The minimum Gasteiger partial charge on any atom is -0.493 e. The molecule has 0 bridgehead atoms. The first-order chi connectivity index (χ1) is 16.5.